The van der Waals surface area contributed by atoms with E-state index in [4.69, 9.17) is 4.74 Å². The van der Waals surface area contributed by atoms with Crippen molar-refractivity contribution in [1.29, 1.82) is 0 Å². The maximum atomic E-state index is 12.8. The molecule has 0 unspecified atom stereocenters. The van der Waals surface area contributed by atoms with Gasteiger partial charge in [0.15, 0.2) is 0 Å². The van der Waals surface area contributed by atoms with E-state index < -0.39 is 0 Å². The second-order valence-corrected chi connectivity index (χ2v) is 7.68. The van der Waals surface area contributed by atoms with Gasteiger partial charge in [0.05, 0.1) is 19.8 Å². The summed E-state index contributed by atoms with van der Waals surface area (Å²) in [4.78, 5) is 19.2. The molecule has 2 amide bonds. The van der Waals surface area contributed by atoms with Crippen molar-refractivity contribution in [3.8, 4) is 0 Å². The molecule has 0 aliphatic carbocycles. The van der Waals surface area contributed by atoms with E-state index in [-0.39, 0.29) is 11.9 Å². The summed E-state index contributed by atoms with van der Waals surface area (Å²) in [6.07, 6.45) is 4.66. The number of piperidine rings is 1. The van der Waals surface area contributed by atoms with E-state index in [1.54, 1.807) is 0 Å². The monoisotopic (exact) mass is 362 g/mol. The fourth-order valence-corrected chi connectivity index (χ4v) is 4.33. The second kappa shape index (κ2) is 7.92. The topological polar surface area (TPSA) is 66.7 Å². The molecule has 26 heavy (non-hydrogen) atoms. The van der Waals surface area contributed by atoms with Gasteiger partial charge in [0.1, 0.15) is 11.6 Å². The lowest BCUT2D eigenvalue weighted by molar-refractivity contribution is 0.0407. The Balaban J connectivity index is 1.41. The third-order valence-electron chi connectivity index (χ3n) is 5.90. The molecule has 3 aliphatic rings. The summed E-state index contributed by atoms with van der Waals surface area (Å²) in [7, 11) is 2.07. The lowest BCUT2D eigenvalue weighted by atomic mass is 9.97. The van der Waals surface area contributed by atoms with E-state index in [0.29, 0.717) is 26.3 Å². The molecular formula is C18H30N6O2. The maximum Gasteiger partial charge on any atom is 0.320 e. The third-order valence-corrected chi connectivity index (χ3v) is 5.90. The highest BCUT2D eigenvalue weighted by Crippen LogP contribution is 2.27. The van der Waals surface area contributed by atoms with Gasteiger partial charge in [-0.1, -0.05) is 0 Å². The number of aromatic nitrogens is 3. The summed E-state index contributed by atoms with van der Waals surface area (Å²) < 4.78 is 7.52. The van der Waals surface area contributed by atoms with Gasteiger partial charge in [-0.2, -0.15) is 0 Å². The number of amides is 2. The van der Waals surface area contributed by atoms with E-state index >= 15 is 0 Å². The first-order valence-corrected chi connectivity index (χ1v) is 9.94. The highest BCUT2D eigenvalue weighted by Gasteiger charge is 2.31. The number of likely N-dealkylation sites (tertiary alicyclic amines) is 2. The molecule has 0 N–H and O–H groups in total. The number of urea groups is 1. The lowest BCUT2D eigenvalue weighted by Crippen LogP contribution is -2.50. The number of ether oxygens (including phenoxy) is 1. The van der Waals surface area contributed by atoms with Crippen LogP contribution >= 0.6 is 0 Å². The van der Waals surface area contributed by atoms with Crippen molar-refractivity contribution >= 4 is 6.03 Å². The molecule has 0 bridgehead atoms. The zero-order valence-electron chi connectivity index (χ0n) is 15.8. The SMILES string of the molecule is Cn1c(CN2CCCC2)nnc1[C@@H]1CCCN(C(=O)N2CCOCC2)C1. The Morgan fingerprint density at radius 1 is 1.04 bits per heavy atom. The summed E-state index contributed by atoms with van der Waals surface area (Å²) in [6, 6.07) is 0.150. The first-order valence-electron chi connectivity index (χ1n) is 9.94. The van der Waals surface area contributed by atoms with E-state index in [9.17, 15) is 4.79 Å². The Kier molecular flexibility index (Phi) is 5.40. The predicted molar refractivity (Wildman–Crippen MR) is 96.9 cm³/mol. The van der Waals surface area contributed by atoms with Crippen molar-refractivity contribution in [3.05, 3.63) is 11.6 Å². The number of carbonyl (C=O) groups is 1. The third kappa shape index (κ3) is 3.71. The fourth-order valence-electron chi connectivity index (χ4n) is 4.33. The molecule has 4 heterocycles. The Hall–Kier alpha value is -1.67. The zero-order valence-corrected chi connectivity index (χ0v) is 15.8. The number of carbonyl (C=O) groups excluding carboxylic acids is 1. The van der Waals surface area contributed by atoms with Gasteiger partial charge < -0.3 is 19.1 Å². The van der Waals surface area contributed by atoms with Crippen molar-refractivity contribution in [3.63, 3.8) is 0 Å². The Bertz CT molecular complexity index is 621. The van der Waals surface area contributed by atoms with Crippen LogP contribution in [0, 0.1) is 0 Å². The van der Waals surface area contributed by atoms with Crippen molar-refractivity contribution in [2.75, 3.05) is 52.5 Å². The minimum absolute atomic E-state index is 0.150. The number of nitrogens with zero attached hydrogens (tertiary/aromatic N) is 6. The maximum absolute atomic E-state index is 12.8. The molecule has 3 saturated heterocycles. The summed E-state index contributed by atoms with van der Waals surface area (Å²) >= 11 is 0. The molecule has 0 aromatic carbocycles. The average molecular weight is 362 g/mol. The molecule has 8 nitrogen and oxygen atoms in total. The van der Waals surface area contributed by atoms with E-state index in [1.165, 1.54) is 12.8 Å². The van der Waals surface area contributed by atoms with Crippen molar-refractivity contribution in [1.82, 2.24) is 29.5 Å². The van der Waals surface area contributed by atoms with Crippen LogP contribution in [-0.2, 0) is 18.3 Å². The highest BCUT2D eigenvalue weighted by molar-refractivity contribution is 5.74. The van der Waals surface area contributed by atoms with E-state index in [0.717, 1.165) is 57.2 Å². The molecule has 1 aromatic heterocycles. The molecule has 1 aromatic rings. The van der Waals surface area contributed by atoms with Crippen LogP contribution in [0.5, 0.6) is 0 Å². The summed E-state index contributed by atoms with van der Waals surface area (Å²) in [5, 5.41) is 8.96. The largest absolute Gasteiger partial charge is 0.378 e. The van der Waals surface area contributed by atoms with Crippen LogP contribution in [0.2, 0.25) is 0 Å². The molecule has 0 saturated carbocycles. The fraction of sp³-hybridized carbons (Fsp3) is 0.833. The highest BCUT2D eigenvalue weighted by atomic mass is 16.5. The zero-order chi connectivity index (χ0) is 17.9. The van der Waals surface area contributed by atoms with Gasteiger partial charge in [0, 0.05) is 39.1 Å². The average Bonchev–Trinajstić information content (AvgIpc) is 3.33. The number of morpholine rings is 1. The van der Waals surface area contributed by atoms with Crippen molar-refractivity contribution in [2.24, 2.45) is 7.05 Å². The minimum Gasteiger partial charge on any atom is -0.378 e. The van der Waals surface area contributed by atoms with Crippen LogP contribution in [0.15, 0.2) is 0 Å². The predicted octanol–water partition coefficient (Wildman–Crippen LogP) is 1.04. The van der Waals surface area contributed by atoms with Gasteiger partial charge in [-0.3, -0.25) is 4.90 Å². The molecule has 1 atom stereocenters. The van der Waals surface area contributed by atoms with Crippen LogP contribution in [0.4, 0.5) is 4.79 Å². The molecule has 8 heteroatoms. The van der Waals surface area contributed by atoms with Gasteiger partial charge in [-0.25, -0.2) is 4.79 Å². The van der Waals surface area contributed by atoms with Gasteiger partial charge in [0.2, 0.25) is 0 Å². The molecule has 0 spiro atoms. The molecule has 144 valence electrons. The normalized spacial score (nSPS) is 25.0. The van der Waals surface area contributed by atoms with Crippen LogP contribution in [0.3, 0.4) is 0 Å². The second-order valence-electron chi connectivity index (χ2n) is 7.68. The molecule has 3 fully saturated rings. The number of hydrogen-bond acceptors (Lipinski definition) is 5. The van der Waals surface area contributed by atoms with E-state index in [2.05, 4.69) is 26.7 Å². The lowest BCUT2D eigenvalue weighted by Gasteiger charge is -2.37. The van der Waals surface area contributed by atoms with Gasteiger partial charge in [0.25, 0.3) is 0 Å². The van der Waals surface area contributed by atoms with Gasteiger partial charge >= 0.3 is 6.03 Å². The van der Waals surface area contributed by atoms with Gasteiger partial charge in [-0.15, -0.1) is 10.2 Å². The standard InChI is InChI=1S/C18H30N6O2/c1-21-16(14-22-6-2-3-7-22)19-20-17(21)15-5-4-8-24(13-15)18(25)23-9-11-26-12-10-23/h15H,2-14H2,1H3/t15-/m1/s1. The van der Waals surface area contributed by atoms with Crippen LogP contribution in [-0.4, -0.2) is 88.0 Å². The van der Waals surface area contributed by atoms with Crippen LogP contribution in [0.25, 0.3) is 0 Å². The number of rotatable bonds is 3. The van der Waals surface area contributed by atoms with Crippen molar-refractivity contribution < 1.29 is 9.53 Å². The first kappa shape index (κ1) is 17.7. The Labute approximate surface area is 155 Å². The summed E-state index contributed by atoms with van der Waals surface area (Å²) in [5.74, 6) is 2.34. The number of hydrogen-bond donors (Lipinski definition) is 0. The van der Waals surface area contributed by atoms with E-state index in [1.807, 2.05) is 9.80 Å². The Morgan fingerprint density at radius 3 is 2.58 bits per heavy atom. The van der Waals surface area contributed by atoms with Crippen LogP contribution in [0.1, 0.15) is 43.3 Å². The molecule has 3 aliphatic heterocycles. The smallest absolute Gasteiger partial charge is 0.320 e. The van der Waals surface area contributed by atoms with Crippen molar-refractivity contribution in [2.45, 2.75) is 38.1 Å². The summed E-state index contributed by atoms with van der Waals surface area (Å²) in [5.41, 5.74) is 0. The molecular weight excluding hydrogens is 332 g/mol. The first-order chi connectivity index (χ1) is 12.7. The quantitative estimate of drug-likeness (QED) is 0.804. The molecule has 0 radical (unpaired) electrons. The summed E-state index contributed by atoms with van der Waals surface area (Å²) in [6.45, 7) is 7.47. The molecule has 4 rings (SSSR count). The minimum atomic E-state index is 0.150. The Morgan fingerprint density at radius 2 is 1.81 bits per heavy atom. The van der Waals surface area contributed by atoms with Crippen LogP contribution < -0.4 is 0 Å². The van der Waals surface area contributed by atoms with Gasteiger partial charge in [-0.05, 0) is 38.8 Å².